The molecule has 1 N–H and O–H groups in total. The molecule has 0 heterocycles. The highest BCUT2D eigenvalue weighted by Crippen LogP contribution is 2.75. The molecule has 4 heteroatoms. The molecule has 4 nitrogen and oxygen atoms in total. The highest BCUT2D eigenvalue weighted by molar-refractivity contribution is 6.02. The van der Waals surface area contributed by atoms with Crippen molar-refractivity contribution in [2.75, 3.05) is 0 Å². The third kappa shape index (κ3) is 2.90. The van der Waals surface area contributed by atoms with E-state index in [0.29, 0.717) is 11.6 Å². The van der Waals surface area contributed by atoms with Crippen LogP contribution in [-0.2, 0) is 9.59 Å². The highest BCUT2D eigenvalue weighted by atomic mass is 16.4. The zero-order valence-electron chi connectivity index (χ0n) is 22.8. The number of carbonyl (C=O) groups excluding carboxylic acids is 1. The van der Waals surface area contributed by atoms with Crippen molar-refractivity contribution in [1.82, 2.24) is 0 Å². The lowest BCUT2D eigenvalue weighted by Gasteiger charge is -2.69. The first-order chi connectivity index (χ1) is 16.1. The minimum Gasteiger partial charge on any atom is -0.481 e. The minimum atomic E-state index is -0.623. The molecule has 3 fully saturated rings. The number of ketones is 1. The van der Waals surface area contributed by atoms with Gasteiger partial charge in [0.15, 0.2) is 5.78 Å². The standard InChI is InChI=1S/C31H43NO3/c1-26(2)13-15-31(25(34)35)16-14-29(6)19(20(31)17-26)9-10-23-28(5)18-21(32-8)24(33)27(3,4)22(28)11-12-30(23,29)7/h9,18,20,22-23H,10-17H2,1-7H3,(H,34,35). The summed E-state index contributed by atoms with van der Waals surface area (Å²) in [5.41, 5.74) is 0.470. The fraction of sp³-hybridized carbons (Fsp3) is 0.774. The Labute approximate surface area is 211 Å². The molecule has 0 spiro atoms. The number of nitrogens with zero attached hydrogens (tertiary/aromatic N) is 1. The molecule has 7 atom stereocenters. The van der Waals surface area contributed by atoms with Crippen LogP contribution in [-0.4, -0.2) is 16.9 Å². The van der Waals surface area contributed by atoms with Gasteiger partial charge in [-0.1, -0.05) is 66.2 Å². The van der Waals surface area contributed by atoms with Crippen molar-refractivity contribution in [3.63, 3.8) is 0 Å². The van der Waals surface area contributed by atoms with Crippen molar-refractivity contribution in [3.8, 4) is 0 Å². The maximum Gasteiger partial charge on any atom is 0.310 e. The van der Waals surface area contributed by atoms with Crippen molar-refractivity contribution in [2.24, 2.45) is 50.2 Å². The third-order valence-electron chi connectivity index (χ3n) is 12.5. The van der Waals surface area contributed by atoms with E-state index >= 15 is 0 Å². The van der Waals surface area contributed by atoms with Crippen LogP contribution in [0.5, 0.6) is 0 Å². The Bertz CT molecular complexity index is 1100. The van der Waals surface area contributed by atoms with E-state index in [4.69, 9.17) is 6.57 Å². The topological polar surface area (TPSA) is 58.7 Å². The van der Waals surface area contributed by atoms with Crippen LogP contribution in [0.3, 0.4) is 0 Å². The van der Waals surface area contributed by atoms with Gasteiger partial charge in [0, 0.05) is 5.41 Å². The second-order valence-corrected chi connectivity index (χ2v) is 14.7. The predicted octanol–water partition coefficient (Wildman–Crippen LogP) is 7.46. The van der Waals surface area contributed by atoms with Crippen LogP contribution in [0.2, 0.25) is 0 Å². The van der Waals surface area contributed by atoms with Crippen LogP contribution in [0.25, 0.3) is 4.85 Å². The first-order valence-electron chi connectivity index (χ1n) is 13.7. The number of carboxylic acid groups (broad SMARTS) is 1. The average Bonchev–Trinajstić information content (AvgIpc) is 2.76. The molecular weight excluding hydrogens is 434 g/mol. The molecular formula is C31H43NO3. The van der Waals surface area contributed by atoms with Gasteiger partial charge in [0.1, 0.15) is 0 Å². The van der Waals surface area contributed by atoms with E-state index in [9.17, 15) is 14.7 Å². The SMILES string of the molecule is [C-]#[N+]C1=CC2(C)C(CCC3(C)C2CC=C2C4CC(C)(C)CCC4(C(=O)O)CCC23C)C(C)(C)C1=O. The lowest BCUT2D eigenvalue weighted by atomic mass is 9.34. The van der Waals surface area contributed by atoms with Gasteiger partial charge in [0.05, 0.1) is 12.0 Å². The van der Waals surface area contributed by atoms with Gasteiger partial charge in [0.25, 0.3) is 0 Å². The Kier molecular flexibility index (Phi) is 5.04. The highest BCUT2D eigenvalue weighted by Gasteiger charge is 2.69. The fourth-order valence-electron chi connectivity index (χ4n) is 10.2. The van der Waals surface area contributed by atoms with Gasteiger partial charge in [-0.05, 0) is 90.8 Å². The molecule has 0 aromatic carbocycles. The molecule has 0 amide bonds. The van der Waals surface area contributed by atoms with Crippen molar-refractivity contribution in [2.45, 2.75) is 99.8 Å². The summed E-state index contributed by atoms with van der Waals surface area (Å²) in [6.07, 6.45) is 11.8. The number of hydrogen-bond acceptors (Lipinski definition) is 2. The van der Waals surface area contributed by atoms with Crippen molar-refractivity contribution in [3.05, 3.63) is 34.8 Å². The lowest BCUT2D eigenvalue weighted by Crippen LogP contribution is -2.64. The van der Waals surface area contributed by atoms with Crippen LogP contribution >= 0.6 is 0 Å². The summed E-state index contributed by atoms with van der Waals surface area (Å²) < 4.78 is 0. The van der Waals surface area contributed by atoms with E-state index in [2.05, 4.69) is 65.5 Å². The van der Waals surface area contributed by atoms with Crippen molar-refractivity contribution >= 4 is 11.8 Å². The maximum atomic E-state index is 13.2. The van der Waals surface area contributed by atoms with Crippen LogP contribution < -0.4 is 0 Å². The third-order valence-corrected chi connectivity index (χ3v) is 12.5. The smallest absolute Gasteiger partial charge is 0.310 e. The van der Waals surface area contributed by atoms with Crippen LogP contribution in [0, 0.1) is 56.8 Å². The van der Waals surface area contributed by atoms with E-state index in [-0.39, 0.29) is 39.3 Å². The zero-order chi connectivity index (χ0) is 25.8. The molecule has 0 bridgehead atoms. The Morgan fingerprint density at radius 1 is 1.00 bits per heavy atom. The summed E-state index contributed by atoms with van der Waals surface area (Å²) in [4.78, 5) is 29.7. The van der Waals surface area contributed by atoms with Gasteiger partial charge in [0.2, 0.25) is 5.70 Å². The van der Waals surface area contributed by atoms with Crippen molar-refractivity contribution < 1.29 is 14.7 Å². The van der Waals surface area contributed by atoms with E-state index in [1.165, 1.54) is 5.57 Å². The summed E-state index contributed by atoms with van der Waals surface area (Å²) in [5.74, 6) is 0.0660. The Morgan fingerprint density at radius 3 is 2.29 bits per heavy atom. The second kappa shape index (κ2) is 7.11. The van der Waals surface area contributed by atoms with Gasteiger partial charge >= 0.3 is 5.97 Å². The number of carbonyl (C=O) groups is 2. The molecule has 0 radical (unpaired) electrons. The number of rotatable bonds is 1. The van der Waals surface area contributed by atoms with Gasteiger partial charge in [-0.25, -0.2) is 4.85 Å². The molecule has 35 heavy (non-hydrogen) atoms. The summed E-state index contributed by atoms with van der Waals surface area (Å²) >= 11 is 0. The van der Waals surface area contributed by atoms with E-state index in [1.54, 1.807) is 0 Å². The van der Waals surface area contributed by atoms with Crippen molar-refractivity contribution in [1.29, 1.82) is 0 Å². The fourth-order valence-corrected chi connectivity index (χ4v) is 10.2. The number of aliphatic carboxylic acids is 1. The molecule has 190 valence electrons. The summed E-state index contributed by atoms with van der Waals surface area (Å²) in [6.45, 7) is 23.7. The molecule has 3 saturated carbocycles. The molecule has 0 saturated heterocycles. The first-order valence-corrected chi connectivity index (χ1v) is 13.7. The Balaban J connectivity index is 1.66. The largest absolute Gasteiger partial charge is 0.481 e. The molecule has 0 aliphatic heterocycles. The molecule has 5 aliphatic rings. The van der Waals surface area contributed by atoms with E-state index in [0.717, 1.165) is 51.4 Å². The molecule has 0 aromatic heterocycles. The number of fused-ring (bicyclic) bond motifs is 7. The van der Waals surface area contributed by atoms with E-state index in [1.807, 2.05) is 0 Å². The van der Waals surface area contributed by atoms with Crippen LogP contribution in [0.1, 0.15) is 99.8 Å². The van der Waals surface area contributed by atoms with Gasteiger partial charge in [-0.2, -0.15) is 0 Å². The molecule has 5 rings (SSSR count). The van der Waals surface area contributed by atoms with Gasteiger partial charge in [-0.3, -0.25) is 4.79 Å². The monoisotopic (exact) mass is 477 g/mol. The average molecular weight is 478 g/mol. The summed E-state index contributed by atoms with van der Waals surface area (Å²) in [7, 11) is 0. The Morgan fingerprint density at radius 2 is 1.66 bits per heavy atom. The molecule has 0 aromatic rings. The maximum absolute atomic E-state index is 13.2. The van der Waals surface area contributed by atoms with Gasteiger partial charge in [-0.15, -0.1) is 0 Å². The zero-order valence-corrected chi connectivity index (χ0v) is 22.8. The lowest BCUT2D eigenvalue weighted by molar-refractivity contribution is -0.174. The quantitative estimate of drug-likeness (QED) is 0.315. The Hall–Kier alpha value is -1.89. The molecule has 7 unspecified atom stereocenters. The van der Waals surface area contributed by atoms with Gasteiger partial charge < -0.3 is 9.90 Å². The number of Topliss-reactive ketones (excluding diaryl/α,β-unsaturated/α-hetero) is 1. The van der Waals surface area contributed by atoms with Crippen LogP contribution in [0.15, 0.2) is 23.4 Å². The molecule has 5 aliphatic carbocycles. The summed E-state index contributed by atoms with van der Waals surface area (Å²) in [6, 6.07) is 0. The first kappa shape index (κ1) is 24.8. The normalized spacial score (nSPS) is 47.6. The number of hydrogen-bond donors (Lipinski definition) is 1. The minimum absolute atomic E-state index is 0.00479. The summed E-state index contributed by atoms with van der Waals surface area (Å²) in [5, 5.41) is 10.5. The second-order valence-electron chi connectivity index (χ2n) is 14.7. The van der Waals surface area contributed by atoms with Crippen LogP contribution in [0.4, 0.5) is 0 Å². The van der Waals surface area contributed by atoms with E-state index < -0.39 is 16.8 Å². The number of carboxylic acids is 1. The number of allylic oxidation sites excluding steroid dienone is 4. The predicted molar refractivity (Wildman–Crippen MR) is 137 cm³/mol.